The van der Waals surface area contributed by atoms with E-state index in [-0.39, 0.29) is 18.6 Å². The van der Waals surface area contributed by atoms with Crippen LogP contribution in [0.25, 0.3) is 0 Å². The van der Waals surface area contributed by atoms with E-state index in [1.54, 1.807) is 0 Å². The third-order valence-corrected chi connectivity index (χ3v) is 3.24. The molecule has 0 aromatic rings. The maximum absolute atomic E-state index is 11.9. The molecule has 3 unspecified atom stereocenters. The monoisotopic (exact) mass is 365 g/mol. The van der Waals surface area contributed by atoms with E-state index in [1.807, 2.05) is 0 Å². The van der Waals surface area contributed by atoms with Gasteiger partial charge in [0.05, 0.1) is 0 Å². The number of carbonyl (C=O) groups is 4. The Morgan fingerprint density at radius 1 is 1.29 bits per heavy atom. The van der Waals surface area contributed by atoms with E-state index in [1.165, 1.54) is 14.0 Å². The molecule has 0 aliphatic rings. The number of nitrogens with one attached hydrogen (secondary N) is 2. The fourth-order valence-corrected chi connectivity index (χ4v) is 1.69. The molecule has 0 bridgehead atoms. The van der Waals surface area contributed by atoms with Gasteiger partial charge in [-0.3, -0.25) is 19.2 Å². The number of ether oxygens (including phenoxy) is 2. The third-order valence-electron chi connectivity index (χ3n) is 2.87. The Bertz CT molecular complexity index is 461. The molecular formula is C13H23N3O7S. The van der Waals surface area contributed by atoms with Crippen LogP contribution in [0.1, 0.15) is 19.8 Å². The van der Waals surface area contributed by atoms with Gasteiger partial charge in [-0.1, -0.05) is 0 Å². The van der Waals surface area contributed by atoms with Gasteiger partial charge in [0.2, 0.25) is 11.8 Å². The van der Waals surface area contributed by atoms with Crippen LogP contribution in [0.4, 0.5) is 0 Å². The minimum Gasteiger partial charge on any atom is -0.480 e. The van der Waals surface area contributed by atoms with Crippen LogP contribution in [-0.4, -0.2) is 66.6 Å². The number of carboxylic acids is 1. The van der Waals surface area contributed by atoms with Crippen molar-refractivity contribution in [2.45, 2.75) is 38.1 Å². The van der Waals surface area contributed by atoms with E-state index in [0.717, 1.165) is 0 Å². The number of aliphatic carboxylic acids is 1. The molecule has 138 valence electrons. The van der Waals surface area contributed by atoms with Gasteiger partial charge in [-0.05, 0) is 13.3 Å². The number of esters is 1. The standard InChI is InChI=1S/C13H23N3O7S/c1-7(22-2)23-11(18)5-15-12(19)9(6-24)16-10(17)4-3-8(14)13(20)21/h7-9,24H,3-6,14H2,1-2H3,(H,15,19)(H,16,17)(H,20,21). The minimum absolute atomic E-state index is 0.00786. The quantitative estimate of drug-likeness (QED) is 0.164. The number of methoxy groups -OCH3 is 1. The number of carboxylic acid groups (broad SMARTS) is 1. The second-order valence-corrected chi connectivity index (χ2v) is 5.16. The van der Waals surface area contributed by atoms with Crippen LogP contribution in [0.5, 0.6) is 0 Å². The average molecular weight is 365 g/mol. The van der Waals surface area contributed by atoms with Crippen molar-refractivity contribution in [3.05, 3.63) is 0 Å². The first kappa shape index (κ1) is 22.1. The first-order valence-corrected chi connectivity index (χ1v) is 7.73. The lowest BCUT2D eigenvalue weighted by molar-refractivity contribution is -0.169. The Hall–Kier alpha value is -1.85. The largest absolute Gasteiger partial charge is 0.480 e. The SMILES string of the molecule is COC(C)OC(=O)CNC(=O)C(CS)NC(=O)CCC(N)C(=O)O. The number of hydrogen-bond donors (Lipinski definition) is 5. The van der Waals surface area contributed by atoms with Crippen molar-refractivity contribution in [1.82, 2.24) is 10.6 Å². The lowest BCUT2D eigenvalue weighted by Crippen LogP contribution is -2.49. The molecule has 24 heavy (non-hydrogen) atoms. The van der Waals surface area contributed by atoms with Gasteiger partial charge in [-0.25, -0.2) is 0 Å². The van der Waals surface area contributed by atoms with Crippen molar-refractivity contribution in [3.63, 3.8) is 0 Å². The zero-order valence-corrected chi connectivity index (χ0v) is 14.4. The van der Waals surface area contributed by atoms with Gasteiger partial charge in [0.1, 0.15) is 18.6 Å². The van der Waals surface area contributed by atoms with Gasteiger partial charge in [0.15, 0.2) is 6.29 Å². The van der Waals surface area contributed by atoms with Crippen LogP contribution in [0.15, 0.2) is 0 Å². The fraction of sp³-hybridized carbons (Fsp3) is 0.692. The predicted molar refractivity (Wildman–Crippen MR) is 86.2 cm³/mol. The Morgan fingerprint density at radius 2 is 1.92 bits per heavy atom. The lowest BCUT2D eigenvalue weighted by Gasteiger charge is -2.17. The summed E-state index contributed by atoms with van der Waals surface area (Å²) in [5, 5.41) is 13.3. The van der Waals surface area contributed by atoms with Crippen molar-refractivity contribution in [2.24, 2.45) is 5.73 Å². The molecule has 0 saturated carbocycles. The number of hydrogen-bond acceptors (Lipinski definition) is 8. The summed E-state index contributed by atoms with van der Waals surface area (Å²) >= 11 is 3.96. The minimum atomic E-state index is -1.21. The molecule has 2 amide bonds. The maximum Gasteiger partial charge on any atom is 0.327 e. The smallest absolute Gasteiger partial charge is 0.327 e. The number of amides is 2. The molecule has 5 N–H and O–H groups in total. The molecule has 0 spiro atoms. The zero-order valence-electron chi connectivity index (χ0n) is 13.5. The predicted octanol–water partition coefficient (Wildman–Crippen LogP) is -1.76. The zero-order chi connectivity index (χ0) is 18.7. The van der Waals surface area contributed by atoms with Crippen molar-refractivity contribution in [3.8, 4) is 0 Å². The van der Waals surface area contributed by atoms with E-state index in [2.05, 4.69) is 23.3 Å². The molecule has 0 radical (unpaired) electrons. The number of nitrogens with two attached hydrogens (primary N) is 1. The summed E-state index contributed by atoms with van der Waals surface area (Å²) in [6, 6.07) is -2.13. The Kier molecular flexibility index (Phi) is 10.8. The summed E-state index contributed by atoms with van der Waals surface area (Å²) in [6.07, 6.45) is -0.963. The van der Waals surface area contributed by atoms with E-state index < -0.39 is 48.7 Å². The molecular weight excluding hydrogens is 342 g/mol. The average Bonchev–Trinajstić information content (AvgIpc) is 2.54. The summed E-state index contributed by atoms with van der Waals surface area (Å²) < 4.78 is 9.51. The second kappa shape index (κ2) is 11.6. The van der Waals surface area contributed by atoms with Crippen molar-refractivity contribution < 1.29 is 33.8 Å². The maximum atomic E-state index is 11.9. The van der Waals surface area contributed by atoms with Crippen LogP contribution < -0.4 is 16.4 Å². The van der Waals surface area contributed by atoms with E-state index in [0.29, 0.717) is 0 Å². The highest BCUT2D eigenvalue weighted by molar-refractivity contribution is 7.80. The Labute approximate surface area is 144 Å². The normalized spacial score (nSPS) is 14.2. The van der Waals surface area contributed by atoms with E-state index in [4.69, 9.17) is 20.3 Å². The highest BCUT2D eigenvalue weighted by Crippen LogP contribution is 1.97. The van der Waals surface area contributed by atoms with Gasteiger partial charge in [0.25, 0.3) is 0 Å². The van der Waals surface area contributed by atoms with Gasteiger partial charge < -0.3 is 30.9 Å². The number of rotatable bonds is 11. The van der Waals surface area contributed by atoms with Crippen molar-refractivity contribution in [2.75, 3.05) is 19.4 Å². The molecule has 0 saturated heterocycles. The molecule has 0 rings (SSSR count). The van der Waals surface area contributed by atoms with Crippen LogP contribution in [0.3, 0.4) is 0 Å². The summed E-state index contributed by atoms with van der Waals surface area (Å²) in [5.74, 6) is -3.09. The molecule has 11 heteroatoms. The van der Waals surface area contributed by atoms with Crippen LogP contribution in [-0.2, 0) is 28.7 Å². The first-order valence-electron chi connectivity index (χ1n) is 7.09. The third kappa shape index (κ3) is 9.33. The lowest BCUT2D eigenvalue weighted by atomic mass is 10.1. The van der Waals surface area contributed by atoms with Crippen LogP contribution >= 0.6 is 12.6 Å². The van der Waals surface area contributed by atoms with Gasteiger partial charge in [-0.15, -0.1) is 0 Å². The van der Waals surface area contributed by atoms with E-state index >= 15 is 0 Å². The summed E-state index contributed by atoms with van der Waals surface area (Å²) in [7, 11) is 1.36. The highest BCUT2D eigenvalue weighted by atomic mass is 32.1. The Balaban J connectivity index is 4.27. The van der Waals surface area contributed by atoms with Gasteiger partial charge in [-0.2, -0.15) is 12.6 Å². The molecule has 10 nitrogen and oxygen atoms in total. The Morgan fingerprint density at radius 3 is 2.42 bits per heavy atom. The molecule has 0 aliphatic heterocycles. The fourth-order valence-electron chi connectivity index (χ4n) is 1.43. The highest BCUT2D eigenvalue weighted by Gasteiger charge is 2.21. The summed E-state index contributed by atoms with van der Waals surface area (Å²) in [5.41, 5.74) is 5.28. The molecule has 3 atom stereocenters. The van der Waals surface area contributed by atoms with Crippen molar-refractivity contribution in [1.29, 1.82) is 0 Å². The summed E-state index contributed by atoms with van der Waals surface area (Å²) in [4.78, 5) is 45.5. The molecule has 0 fully saturated rings. The topological polar surface area (TPSA) is 157 Å². The van der Waals surface area contributed by atoms with Crippen molar-refractivity contribution >= 4 is 36.4 Å². The molecule has 0 aromatic heterocycles. The first-order chi connectivity index (χ1) is 11.2. The van der Waals surface area contributed by atoms with Gasteiger partial charge in [0, 0.05) is 19.3 Å². The second-order valence-electron chi connectivity index (χ2n) is 4.80. The molecule has 0 heterocycles. The van der Waals surface area contributed by atoms with Gasteiger partial charge >= 0.3 is 11.9 Å². The molecule has 0 aliphatic carbocycles. The molecule has 0 aromatic carbocycles. The van der Waals surface area contributed by atoms with E-state index in [9.17, 15) is 19.2 Å². The van der Waals surface area contributed by atoms with Crippen LogP contribution in [0, 0.1) is 0 Å². The van der Waals surface area contributed by atoms with Crippen LogP contribution in [0.2, 0.25) is 0 Å². The number of carbonyl (C=O) groups excluding carboxylic acids is 3. The number of thiol groups is 1. The summed E-state index contributed by atoms with van der Waals surface area (Å²) in [6.45, 7) is 1.12.